The Morgan fingerprint density at radius 2 is 2.05 bits per heavy atom. The van der Waals surface area contributed by atoms with Gasteiger partial charge in [-0.3, -0.25) is 4.79 Å². The fraction of sp³-hybridized carbons (Fsp3) is 0.0769. The van der Waals surface area contributed by atoms with Crippen molar-refractivity contribution in [1.82, 2.24) is 10.3 Å². The molecule has 0 saturated carbocycles. The summed E-state index contributed by atoms with van der Waals surface area (Å²) in [5.41, 5.74) is 0.486. The lowest BCUT2D eigenvalue weighted by Gasteiger charge is -2.07. The lowest BCUT2D eigenvalue weighted by Crippen LogP contribution is -2.23. The van der Waals surface area contributed by atoms with Gasteiger partial charge in [0.1, 0.15) is 5.82 Å². The molecule has 19 heavy (non-hydrogen) atoms. The first kappa shape index (κ1) is 13.6. The second-order valence-corrected chi connectivity index (χ2v) is 4.70. The molecule has 2 rings (SSSR count). The smallest absolute Gasteiger partial charge is 0.251 e. The molecular weight excluding hydrogens is 318 g/mol. The zero-order valence-electron chi connectivity index (χ0n) is 9.66. The molecule has 0 aliphatic heterocycles. The maximum Gasteiger partial charge on any atom is 0.251 e. The van der Waals surface area contributed by atoms with Crippen LogP contribution >= 0.6 is 15.9 Å². The molecule has 0 fully saturated rings. The molecule has 0 aliphatic carbocycles. The summed E-state index contributed by atoms with van der Waals surface area (Å²) in [6.07, 6.45) is 1.20. The molecule has 6 heteroatoms. The van der Waals surface area contributed by atoms with Gasteiger partial charge in [-0.25, -0.2) is 9.37 Å². The summed E-state index contributed by atoms with van der Waals surface area (Å²) in [7, 11) is 0. The van der Waals surface area contributed by atoms with Crippen molar-refractivity contribution < 1.29 is 13.6 Å². The summed E-state index contributed by atoms with van der Waals surface area (Å²) < 4.78 is 27.0. The van der Waals surface area contributed by atoms with Gasteiger partial charge >= 0.3 is 0 Å². The number of benzene rings is 1. The summed E-state index contributed by atoms with van der Waals surface area (Å²) in [5.74, 6) is -1.63. The Kier molecular flexibility index (Phi) is 4.21. The Hall–Kier alpha value is -1.82. The number of halogens is 3. The van der Waals surface area contributed by atoms with Crippen LogP contribution in [-0.2, 0) is 6.54 Å². The molecule has 98 valence electrons. The van der Waals surface area contributed by atoms with Gasteiger partial charge < -0.3 is 5.32 Å². The number of amides is 1. The number of hydrogen-bond acceptors (Lipinski definition) is 2. The van der Waals surface area contributed by atoms with Gasteiger partial charge in [-0.1, -0.05) is 15.9 Å². The van der Waals surface area contributed by atoms with Crippen LogP contribution in [0.5, 0.6) is 0 Å². The highest BCUT2D eigenvalue weighted by Gasteiger charge is 2.08. The molecule has 0 aliphatic rings. The molecule has 1 amide bonds. The van der Waals surface area contributed by atoms with Crippen molar-refractivity contribution in [3.63, 3.8) is 0 Å². The molecule has 0 saturated heterocycles. The molecule has 0 unspecified atom stereocenters. The lowest BCUT2D eigenvalue weighted by molar-refractivity contribution is 0.0950. The van der Waals surface area contributed by atoms with Gasteiger partial charge in [0.25, 0.3) is 5.91 Å². The van der Waals surface area contributed by atoms with Gasteiger partial charge in [0.15, 0.2) is 0 Å². The Balaban J connectivity index is 2.06. The number of nitrogens with one attached hydrogen (secondary N) is 1. The van der Waals surface area contributed by atoms with Crippen molar-refractivity contribution in [3.05, 3.63) is 63.9 Å². The molecule has 1 N–H and O–H groups in total. The summed E-state index contributed by atoms with van der Waals surface area (Å²) >= 11 is 3.22. The molecule has 0 bridgehead atoms. The Morgan fingerprint density at radius 1 is 1.26 bits per heavy atom. The van der Waals surface area contributed by atoms with E-state index in [-0.39, 0.29) is 12.1 Å². The molecule has 0 spiro atoms. The van der Waals surface area contributed by atoms with Crippen LogP contribution in [0.1, 0.15) is 15.9 Å². The third-order valence-electron chi connectivity index (χ3n) is 2.44. The van der Waals surface area contributed by atoms with Gasteiger partial charge in [-0.2, -0.15) is 4.39 Å². The van der Waals surface area contributed by atoms with Crippen LogP contribution in [0.15, 0.2) is 41.0 Å². The van der Waals surface area contributed by atoms with Crippen molar-refractivity contribution in [1.29, 1.82) is 0 Å². The maximum absolute atomic E-state index is 13.4. The van der Waals surface area contributed by atoms with Gasteiger partial charge in [-0.15, -0.1) is 0 Å². The molecule has 0 radical (unpaired) electrons. The van der Waals surface area contributed by atoms with Gasteiger partial charge in [0, 0.05) is 34.4 Å². The Bertz CT molecular complexity index is 619. The minimum atomic E-state index is -0.735. The van der Waals surface area contributed by atoms with Crippen molar-refractivity contribution in [3.8, 4) is 0 Å². The zero-order chi connectivity index (χ0) is 13.8. The lowest BCUT2D eigenvalue weighted by atomic mass is 10.2. The molecular formula is C13H9BrF2N2O. The van der Waals surface area contributed by atoms with E-state index in [1.165, 1.54) is 18.3 Å². The molecule has 1 aromatic heterocycles. The third-order valence-corrected chi connectivity index (χ3v) is 2.93. The average molecular weight is 327 g/mol. The van der Waals surface area contributed by atoms with E-state index in [1.807, 2.05) is 0 Å². The summed E-state index contributed by atoms with van der Waals surface area (Å²) in [6.45, 7) is 0.0219. The van der Waals surface area contributed by atoms with Gasteiger partial charge in [0.05, 0.1) is 0 Å². The number of pyridine rings is 1. The molecule has 1 heterocycles. The van der Waals surface area contributed by atoms with Crippen LogP contribution in [-0.4, -0.2) is 10.9 Å². The largest absolute Gasteiger partial charge is 0.348 e. The average Bonchev–Trinajstić information content (AvgIpc) is 2.39. The summed E-state index contributed by atoms with van der Waals surface area (Å²) in [6, 6.07) is 6.85. The van der Waals surface area contributed by atoms with E-state index in [2.05, 4.69) is 26.2 Å². The van der Waals surface area contributed by atoms with Crippen molar-refractivity contribution in [2.75, 3.05) is 0 Å². The number of carbonyl (C=O) groups is 1. The van der Waals surface area contributed by atoms with E-state index in [0.29, 0.717) is 10.0 Å². The van der Waals surface area contributed by atoms with Gasteiger partial charge in [-0.05, 0) is 24.3 Å². The van der Waals surface area contributed by atoms with Gasteiger partial charge in [0.2, 0.25) is 5.95 Å². The fourth-order valence-corrected chi connectivity index (χ4v) is 1.91. The highest BCUT2D eigenvalue weighted by Crippen LogP contribution is 2.15. The monoisotopic (exact) mass is 326 g/mol. The van der Waals surface area contributed by atoms with Crippen molar-refractivity contribution in [2.45, 2.75) is 6.54 Å². The third kappa shape index (κ3) is 3.57. The van der Waals surface area contributed by atoms with E-state index < -0.39 is 17.7 Å². The first-order valence-electron chi connectivity index (χ1n) is 5.40. The number of hydrogen-bond donors (Lipinski definition) is 1. The second kappa shape index (κ2) is 5.88. The highest BCUT2D eigenvalue weighted by molar-refractivity contribution is 9.10. The van der Waals surface area contributed by atoms with Crippen LogP contribution < -0.4 is 5.32 Å². The quantitative estimate of drug-likeness (QED) is 0.881. The van der Waals surface area contributed by atoms with Crippen LogP contribution in [0.3, 0.4) is 0 Å². The topological polar surface area (TPSA) is 42.0 Å². The van der Waals surface area contributed by atoms with Crippen LogP contribution in [0.4, 0.5) is 8.78 Å². The predicted octanol–water partition coefficient (Wildman–Crippen LogP) is 3.05. The number of carbonyl (C=O) groups excluding carboxylic acids is 1. The van der Waals surface area contributed by atoms with Crippen LogP contribution in [0, 0.1) is 11.8 Å². The first-order chi connectivity index (χ1) is 9.06. The number of nitrogens with zero attached hydrogens (tertiary/aromatic N) is 1. The van der Waals surface area contributed by atoms with E-state index in [4.69, 9.17) is 0 Å². The van der Waals surface area contributed by atoms with E-state index in [1.54, 1.807) is 12.1 Å². The Labute approximate surface area is 116 Å². The normalized spacial score (nSPS) is 10.3. The highest BCUT2D eigenvalue weighted by atomic mass is 79.9. The summed E-state index contributed by atoms with van der Waals surface area (Å²) in [5, 5.41) is 2.52. The molecule has 1 aromatic carbocycles. The zero-order valence-corrected chi connectivity index (χ0v) is 11.2. The molecule has 2 aromatic rings. The standard InChI is InChI=1S/C13H9BrF2N2O/c14-10-1-2-11(15)9(5-10)7-18-13(19)8-3-4-17-12(16)6-8/h1-6H,7H2,(H,18,19). The molecule has 0 atom stereocenters. The fourth-order valence-electron chi connectivity index (χ4n) is 1.50. The van der Waals surface area contributed by atoms with E-state index in [9.17, 15) is 13.6 Å². The van der Waals surface area contributed by atoms with Crippen molar-refractivity contribution >= 4 is 21.8 Å². The summed E-state index contributed by atoms with van der Waals surface area (Å²) in [4.78, 5) is 15.1. The minimum absolute atomic E-state index is 0.0219. The number of aromatic nitrogens is 1. The van der Waals surface area contributed by atoms with E-state index >= 15 is 0 Å². The minimum Gasteiger partial charge on any atom is -0.348 e. The maximum atomic E-state index is 13.4. The number of rotatable bonds is 3. The molecule has 3 nitrogen and oxygen atoms in total. The van der Waals surface area contributed by atoms with Crippen LogP contribution in [0.25, 0.3) is 0 Å². The van der Waals surface area contributed by atoms with Crippen LogP contribution in [0.2, 0.25) is 0 Å². The second-order valence-electron chi connectivity index (χ2n) is 3.79. The van der Waals surface area contributed by atoms with E-state index in [0.717, 1.165) is 6.07 Å². The first-order valence-corrected chi connectivity index (χ1v) is 6.19. The Morgan fingerprint density at radius 3 is 2.79 bits per heavy atom. The SMILES string of the molecule is O=C(NCc1cc(Br)ccc1F)c1ccnc(F)c1. The van der Waals surface area contributed by atoms with Crippen molar-refractivity contribution in [2.24, 2.45) is 0 Å². The predicted molar refractivity (Wildman–Crippen MR) is 69.5 cm³/mol.